The van der Waals surface area contributed by atoms with Gasteiger partial charge in [-0.2, -0.15) is 13.2 Å². The van der Waals surface area contributed by atoms with E-state index in [2.05, 4.69) is 10.3 Å². The van der Waals surface area contributed by atoms with Crippen LogP contribution in [0.4, 0.5) is 28.9 Å². The van der Waals surface area contributed by atoms with Gasteiger partial charge < -0.3 is 22.2 Å². The lowest BCUT2D eigenvalue weighted by molar-refractivity contribution is -0.110. The van der Waals surface area contributed by atoms with Crippen molar-refractivity contribution >= 4 is 50.8 Å². The van der Waals surface area contributed by atoms with Crippen LogP contribution in [0.25, 0.3) is 22.0 Å². The number of nitrogen functional groups attached to an aromatic ring is 1. The van der Waals surface area contributed by atoms with Crippen LogP contribution in [0, 0.1) is 16.6 Å². The van der Waals surface area contributed by atoms with E-state index in [0.29, 0.717) is 47.0 Å². The van der Waals surface area contributed by atoms with Gasteiger partial charge in [-0.25, -0.2) is 9.37 Å². The Kier molecular flexibility index (Phi) is 6.01. The van der Waals surface area contributed by atoms with Gasteiger partial charge in [-0.3, -0.25) is 10.2 Å². The summed E-state index contributed by atoms with van der Waals surface area (Å²) in [6.45, 7) is 0. The zero-order valence-corrected chi connectivity index (χ0v) is 19.9. The van der Waals surface area contributed by atoms with Crippen molar-refractivity contribution in [2.24, 2.45) is 5.73 Å². The third-order valence-corrected chi connectivity index (χ3v) is 6.80. The largest absolute Gasteiger partial charge is 0.433 e. The highest BCUT2D eigenvalue weighted by molar-refractivity contribution is 6.36. The number of nitrogens with two attached hydrogens (primary N) is 2. The van der Waals surface area contributed by atoms with Crippen molar-refractivity contribution in [2.75, 3.05) is 11.1 Å². The van der Waals surface area contributed by atoms with Crippen LogP contribution >= 0.6 is 0 Å². The number of fused-ring (bicyclic) bond motifs is 4. The molecule has 1 amide bonds. The van der Waals surface area contributed by atoms with Crippen molar-refractivity contribution in [3.05, 3.63) is 76.4 Å². The maximum Gasteiger partial charge on any atom is 0.433 e. The van der Waals surface area contributed by atoms with Crippen LogP contribution in [0.1, 0.15) is 40.8 Å². The molecule has 2 heterocycles. The number of halogens is 4. The molecule has 0 saturated carbocycles. The topological polar surface area (TPSA) is 142 Å². The molecule has 0 unspecified atom stereocenters. The van der Waals surface area contributed by atoms with Gasteiger partial charge in [0.25, 0.3) is 5.91 Å². The molecule has 0 spiro atoms. The molecule has 7 nitrogen and oxygen atoms in total. The second-order valence-corrected chi connectivity index (χ2v) is 9.12. The van der Waals surface area contributed by atoms with Crippen LogP contribution in [0.5, 0.6) is 0 Å². The minimum Gasteiger partial charge on any atom is -0.404 e. The number of carbonyl (C=O) groups excluding carboxylic acids is 1. The number of aryl methyl sites for hydroxylation is 1. The molecular weight excluding hydrogens is 500 g/mol. The summed E-state index contributed by atoms with van der Waals surface area (Å²) in [6, 6.07) is 6.88. The quantitative estimate of drug-likeness (QED) is 0.140. The summed E-state index contributed by atoms with van der Waals surface area (Å²) in [5.41, 5.74) is 12.4. The molecule has 0 bridgehead atoms. The van der Waals surface area contributed by atoms with Gasteiger partial charge in [0.1, 0.15) is 11.5 Å². The number of pyridine rings is 1. The molecule has 194 valence electrons. The lowest BCUT2D eigenvalue weighted by Gasteiger charge is -2.24. The molecule has 2 aromatic carbocycles. The number of hydrogen-bond donors (Lipinski definition) is 5. The van der Waals surface area contributed by atoms with E-state index in [1.807, 2.05) is 0 Å². The highest BCUT2D eigenvalue weighted by Gasteiger charge is 2.39. The summed E-state index contributed by atoms with van der Waals surface area (Å²) in [5, 5.41) is 19.7. The maximum atomic E-state index is 13.9. The van der Waals surface area contributed by atoms with E-state index in [9.17, 15) is 22.4 Å². The van der Waals surface area contributed by atoms with Crippen LogP contribution in [0.15, 0.2) is 42.6 Å². The predicted octanol–water partition coefficient (Wildman–Crippen LogP) is 5.12. The zero-order valence-electron chi connectivity index (χ0n) is 19.9. The monoisotopic (exact) mass is 522 g/mol. The Morgan fingerprint density at radius 2 is 1.79 bits per heavy atom. The van der Waals surface area contributed by atoms with E-state index >= 15 is 0 Å². The molecule has 38 heavy (non-hydrogen) atoms. The zero-order chi connectivity index (χ0) is 27.4. The number of amides is 1. The summed E-state index contributed by atoms with van der Waals surface area (Å²) in [6.07, 6.45) is -0.505. The van der Waals surface area contributed by atoms with Crippen LogP contribution in [0.2, 0.25) is 0 Å². The number of rotatable bonds is 4. The normalized spacial score (nSPS) is 16.4. The van der Waals surface area contributed by atoms with Crippen LogP contribution < -0.4 is 16.8 Å². The average molecular weight is 523 g/mol. The molecule has 1 aromatic heterocycles. The number of allylic oxidation sites excluding steroid dienone is 2. The molecule has 7 N–H and O–H groups in total. The van der Waals surface area contributed by atoms with Gasteiger partial charge >= 0.3 is 6.18 Å². The summed E-state index contributed by atoms with van der Waals surface area (Å²) < 4.78 is 54.2. The molecule has 5 rings (SSSR count). The molecule has 11 heteroatoms. The summed E-state index contributed by atoms with van der Waals surface area (Å²) in [7, 11) is 0. The second kappa shape index (κ2) is 9.09. The minimum atomic E-state index is -4.92. The third kappa shape index (κ3) is 4.09. The van der Waals surface area contributed by atoms with Gasteiger partial charge in [0.2, 0.25) is 0 Å². The van der Waals surface area contributed by atoms with E-state index < -0.39 is 29.2 Å². The van der Waals surface area contributed by atoms with Crippen molar-refractivity contribution in [3.8, 4) is 0 Å². The van der Waals surface area contributed by atoms with E-state index in [4.69, 9.17) is 22.3 Å². The van der Waals surface area contributed by atoms with Crippen molar-refractivity contribution in [3.63, 3.8) is 0 Å². The first-order chi connectivity index (χ1) is 18.0. The fraction of sp³-hybridized carbons (Fsp3) is 0.185. The van der Waals surface area contributed by atoms with E-state index in [-0.39, 0.29) is 33.7 Å². The Morgan fingerprint density at radius 3 is 2.47 bits per heavy atom. The first-order valence-electron chi connectivity index (χ1n) is 11.8. The number of anilines is 2. The number of nitrogens with one attached hydrogen (secondary N) is 3. The van der Waals surface area contributed by atoms with Crippen LogP contribution in [0.3, 0.4) is 0 Å². The molecule has 1 aliphatic carbocycles. The van der Waals surface area contributed by atoms with Gasteiger partial charge in [-0.15, -0.1) is 0 Å². The molecule has 0 saturated heterocycles. The molecule has 3 aromatic rings. The van der Waals surface area contributed by atoms with Gasteiger partial charge in [-0.05, 0) is 73.2 Å². The van der Waals surface area contributed by atoms with Gasteiger partial charge in [0, 0.05) is 39.7 Å². The molecule has 0 fully saturated rings. The summed E-state index contributed by atoms with van der Waals surface area (Å²) >= 11 is 0. The number of alkyl halides is 3. The Morgan fingerprint density at radius 1 is 1.08 bits per heavy atom. The van der Waals surface area contributed by atoms with E-state index in [0.717, 1.165) is 12.6 Å². The number of carbonyl (C=O) groups is 1. The highest BCUT2D eigenvalue weighted by Crippen LogP contribution is 2.39. The second-order valence-electron chi connectivity index (χ2n) is 9.12. The minimum absolute atomic E-state index is 0.0165. The Hall–Kier alpha value is -4.54. The molecule has 2 aliphatic rings. The smallest absolute Gasteiger partial charge is 0.404 e. The summed E-state index contributed by atoms with van der Waals surface area (Å²) in [5.74, 6) is -1.04. The Balaban J connectivity index is 1.72. The van der Waals surface area contributed by atoms with Gasteiger partial charge in [-0.1, -0.05) is 0 Å². The van der Waals surface area contributed by atoms with Gasteiger partial charge in [0.15, 0.2) is 0 Å². The number of nitrogens with zero attached hydrogens (tertiary/aromatic N) is 1. The standard InChI is InChI=1S/C27H22F4N6O/c28-12-5-7-20-15(9-12)16(26(38)37-20)10-19(34)23-18(33)6-8-21-22(23)13-3-1-2-4-14(13)24(36-21)17(11-32)25(35)27(29,30)31/h5-11,34-35H,1-4,32-33H2,(H,37,38)/b16-10-,17-11-,34-19?,35-25?. The van der Waals surface area contributed by atoms with Crippen molar-refractivity contribution in [1.29, 1.82) is 10.8 Å². The maximum absolute atomic E-state index is 13.9. The number of hydrogen-bond acceptors (Lipinski definition) is 6. The lowest BCUT2D eigenvalue weighted by Crippen LogP contribution is -2.25. The average Bonchev–Trinajstić information content (AvgIpc) is 3.17. The molecule has 0 radical (unpaired) electrons. The third-order valence-electron chi connectivity index (χ3n) is 6.80. The fourth-order valence-corrected chi connectivity index (χ4v) is 5.10. The van der Waals surface area contributed by atoms with Crippen LogP contribution in [-0.4, -0.2) is 28.5 Å². The van der Waals surface area contributed by atoms with Crippen molar-refractivity contribution in [2.45, 2.75) is 31.9 Å². The number of benzene rings is 2. The lowest BCUT2D eigenvalue weighted by atomic mass is 9.83. The molecule has 0 atom stereocenters. The number of aromatic nitrogens is 1. The van der Waals surface area contributed by atoms with Crippen LogP contribution in [-0.2, 0) is 17.6 Å². The van der Waals surface area contributed by atoms with E-state index in [1.54, 1.807) is 6.07 Å². The SMILES string of the molecule is N=C(/C=C1\C(=O)Nc2ccc(F)cc21)c1c(N)ccc2nc(/C(=C/N)C(=N)C(F)(F)F)c3c(c12)CCCC3. The Bertz CT molecular complexity index is 1620. The predicted molar refractivity (Wildman–Crippen MR) is 139 cm³/mol. The highest BCUT2D eigenvalue weighted by atomic mass is 19.4. The van der Waals surface area contributed by atoms with Crippen molar-refractivity contribution < 1.29 is 22.4 Å². The molecular formula is C27H22F4N6O. The first-order valence-corrected chi connectivity index (χ1v) is 11.8. The summed E-state index contributed by atoms with van der Waals surface area (Å²) in [4.78, 5) is 17.1. The first kappa shape index (κ1) is 25.1. The molecule has 1 aliphatic heterocycles. The van der Waals surface area contributed by atoms with E-state index in [1.165, 1.54) is 30.3 Å². The fourth-order valence-electron chi connectivity index (χ4n) is 5.10. The Labute approximate surface area is 214 Å². The van der Waals surface area contributed by atoms with Gasteiger partial charge in [0.05, 0.1) is 22.5 Å². The van der Waals surface area contributed by atoms with Crippen molar-refractivity contribution in [1.82, 2.24) is 4.98 Å².